The minimum atomic E-state index is -3.41. The molecule has 0 unspecified atom stereocenters. The van der Waals surface area contributed by atoms with Gasteiger partial charge in [-0.25, -0.2) is 13.4 Å². The first-order chi connectivity index (χ1) is 12.4. The Hall–Kier alpha value is -1.00. The summed E-state index contributed by atoms with van der Waals surface area (Å²) in [6, 6.07) is 9.52. The topological polar surface area (TPSA) is 59.5 Å². The van der Waals surface area contributed by atoms with E-state index in [2.05, 4.69) is 20.9 Å². The zero-order chi connectivity index (χ0) is 18.3. The van der Waals surface area contributed by atoms with Gasteiger partial charge in [-0.15, -0.1) is 11.3 Å². The summed E-state index contributed by atoms with van der Waals surface area (Å²) in [5.41, 5.74) is 2.12. The van der Waals surface area contributed by atoms with E-state index in [1.54, 1.807) is 27.8 Å². The fourth-order valence-corrected chi connectivity index (χ4v) is 7.61. The molecule has 4 rings (SSSR count). The van der Waals surface area contributed by atoms with Gasteiger partial charge in [0.05, 0.1) is 14.0 Å². The quantitative estimate of drug-likeness (QED) is 0.553. The molecule has 0 spiro atoms. The van der Waals surface area contributed by atoms with Crippen LogP contribution < -0.4 is 4.74 Å². The molecule has 0 bridgehead atoms. The number of sulfonamides is 1. The Morgan fingerprint density at radius 3 is 2.62 bits per heavy atom. The number of rotatable bonds is 4. The van der Waals surface area contributed by atoms with E-state index in [4.69, 9.17) is 4.74 Å². The van der Waals surface area contributed by atoms with Crippen molar-refractivity contribution in [2.45, 2.75) is 30.1 Å². The van der Waals surface area contributed by atoms with E-state index >= 15 is 0 Å². The zero-order valence-corrected chi connectivity index (χ0v) is 18.0. The molecule has 138 valence electrons. The number of halogens is 1. The summed E-state index contributed by atoms with van der Waals surface area (Å²) in [6.07, 6.45) is 1.33. The molecule has 1 aliphatic heterocycles. The van der Waals surface area contributed by atoms with E-state index in [1.807, 2.05) is 25.1 Å². The molecule has 3 aromatic rings. The van der Waals surface area contributed by atoms with Crippen LogP contribution in [-0.2, 0) is 10.0 Å². The number of nitrogens with zero attached hydrogens (tertiary/aromatic N) is 2. The number of fused-ring (bicyclic) bond motifs is 1. The van der Waals surface area contributed by atoms with Crippen molar-refractivity contribution in [2.24, 2.45) is 0 Å². The molecule has 0 atom stereocenters. The second-order valence-electron chi connectivity index (χ2n) is 6.18. The number of hydrogen-bond acceptors (Lipinski definition) is 6. The standard InChI is InChI=1S/C17H17BrN2O3S3/c1-11-3-2-4-13-16(11)19-17(24-13)23-12-7-9-20(10-8-12)26(21,22)15-6-5-14(18)25-15/h2-6,12H,7-10H2,1H3. The molecule has 0 saturated carbocycles. The van der Waals surface area contributed by atoms with Gasteiger partial charge in [-0.1, -0.05) is 23.5 Å². The fourth-order valence-electron chi connectivity index (χ4n) is 3.01. The van der Waals surface area contributed by atoms with Crippen molar-refractivity contribution < 1.29 is 13.2 Å². The van der Waals surface area contributed by atoms with Crippen LogP contribution in [0.25, 0.3) is 10.2 Å². The molecule has 0 N–H and O–H groups in total. The van der Waals surface area contributed by atoms with Crippen molar-refractivity contribution in [3.63, 3.8) is 0 Å². The van der Waals surface area contributed by atoms with E-state index in [-0.39, 0.29) is 6.10 Å². The first-order valence-electron chi connectivity index (χ1n) is 8.22. The average molecular weight is 473 g/mol. The lowest BCUT2D eigenvalue weighted by Gasteiger charge is -2.30. The average Bonchev–Trinajstić information content (AvgIpc) is 3.22. The number of thiophene rings is 1. The summed E-state index contributed by atoms with van der Waals surface area (Å²) in [5, 5.41) is 0.665. The molecular formula is C17H17BrN2O3S3. The summed E-state index contributed by atoms with van der Waals surface area (Å²) in [6.45, 7) is 2.97. The number of para-hydroxylation sites is 1. The molecule has 1 aliphatic rings. The van der Waals surface area contributed by atoms with Gasteiger partial charge in [-0.05, 0) is 59.5 Å². The molecule has 2 aromatic heterocycles. The largest absolute Gasteiger partial charge is 0.467 e. The Morgan fingerprint density at radius 1 is 1.19 bits per heavy atom. The molecule has 0 amide bonds. The molecule has 0 radical (unpaired) electrons. The minimum Gasteiger partial charge on any atom is -0.467 e. The van der Waals surface area contributed by atoms with E-state index in [9.17, 15) is 8.42 Å². The van der Waals surface area contributed by atoms with Gasteiger partial charge in [0, 0.05) is 13.1 Å². The maximum atomic E-state index is 12.7. The van der Waals surface area contributed by atoms with E-state index in [1.165, 1.54) is 11.3 Å². The van der Waals surface area contributed by atoms with Gasteiger partial charge in [0.15, 0.2) is 0 Å². The van der Waals surface area contributed by atoms with Crippen LogP contribution in [0.4, 0.5) is 0 Å². The normalized spacial score (nSPS) is 17.0. The molecule has 9 heteroatoms. The molecule has 3 heterocycles. The Labute approximate surface area is 168 Å². The summed E-state index contributed by atoms with van der Waals surface area (Å²) in [5.74, 6) is 0. The van der Waals surface area contributed by atoms with Crippen LogP contribution in [-0.4, -0.2) is 36.9 Å². The zero-order valence-electron chi connectivity index (χ0n) is 14.0. The van der Waals surface area contributed by atoms with Gasteiger partial charge in [0.1, 0.15) is 10.3 Å². The van der Waals surface area contributed by atoms with Gasteiger partial charge < -0.3 is 4.74 Å². The van der Waals surface area contributed by atoms with Gasteiger partial charge in [0.2, 0.25) is 0 Å². The van der Waals surface area contributed by atoms with Crippen LogP contribution in [0.15, 0.2) is 38.3 Å². The first-order valence-corrected chi connectivity index (χ1v) is 12.1. The SMILES string of the molecule is Cc1cccc2sc(OC3CCN(S(=O)(=O)c4ccc(Br)s4)CC3)nc12. The highest BCUT2D eigenvalue weighted by molar-refractivity contribution is 9.11. The van der Waals surface area contributed by atoms with Crippen LogP contribution in [0.1, 0.15) is 18.4 Å². The van der Waals surface area contributed by atoms with Crippen molar-refractivity contribution >= 4 is 58.8 Å². The van der Waals surface area contributed by atoms with Crippen molar-refractivity contribution in [3.8, 4) is 5.19 Å². The molecule has 0 aliphatic carbocycles. The molecular weight excluding hydrogens is 456 g/mol. The second-order valence-corrected chi connectivity index (χ2v) is 11.8. The highest BCUT2D eigenvalue weighted by atomic mass is 79.9. The predicted molar refractivity (Wildman–Crippen MR) is 109 cm³/mol. The predicted octanol–water partition coefficient (Wildman–Crippen LogP) is 4.66. The van der Waals surface area contributed by atoms with Gasteiger partial charge >= 0.3 is 0 Å². The van der Waals surface area contributed by atoms with Crippen LogP contribution in [0.2, 0.25) is 0 Å². The lowest BCUT2D eigenvalue weighted by atomic mass is 10.1. The lowest BCUT2D eigenvalue weighted by molar-refractivity contribution is 0.135. The Morgan fingerprint density at radius 2 is 1.96 bits per heavy atom. The van der Waals surface area contributed by atoms with Gasteiger partial charge in [-0.3, -0.25) is 0 Å². The number of thiazole rings is 1. The van der Waals surface area contributed by atoms with Crippen LogP contribution in [0.3, 0.4) is 0 Å². The third kappa shape index (κ3) is 3.55. The number of piperidine rings is 1. The maximum absolute atomic E-state index is 12.7. The van der Waals surface area contributed by atoms with Crippen LogP contribution >= 0.6 is 38.6 Å². The van der Waals surface area contributed by atoms with Crippen molar-refractivity contribution in [1.29, 1.82) is 0 Å². The van der Waals surface area contributed by atoms with Crippen molar-refractivity contribution in [2.75, 3.05) is 13.1 Å². The summed E-state index contributed by atoms with van der Waals surface area (Å²) < 4.78 is 35.3. The third-order valence-corrected chi connectivity index (χ3v) is 9.31. The number of hydrogen-bond donors (Lipinski definition) is 0. The van der Waals surface area contributed by atoms with E-state index < -0.39 is 10.0 Å². The summed E-state index contributed by atoms with van der Waals surface area (Å²) in [7, 11) is -3.41. The maximum Gasteiger partial charge on any atom is 0.274 e. The Kier molecular flexibility index (Phi) is 5.08. The molecule has 1 fully saturated rings. The highest BCUT2D eigenvalue weighted by Crippen LogP contribution is 2.33. The molecule has 26 heavy (non-hydrogen) atoms. The van der Waals surface area contributed by atoms with E-state index in [0.717, 1.165) is 19.6 Å². The van der Waals surface area contributed by atoms with Crippen LogP contribution in [0.5, 0.6) is 5.19 Å². The summed E-state index contributed by atoms with van der Waals surface area (Å²) >= 11 is 6.11. The summed E-state index contributed by atoms with van der Waals surface area (Å²) in [4.78, 5) is 4.59. The molecule has 1 aromatic carbocycles. The number of aromatic nitrogens is 1. The smallest absolute Gasteiger partial charge is 0.274 e. The number of ether oxygens (including phenoxy) is 1. The lowest BCUT2D eigenvalue weighted by Crippen LogP contribution is -2.41. The first kappa shape index (κ1) is 18.4. The fraction of sp³-hybridized carbons (Fsp3) is 0.353. The highest BCUT2D eigenvalue weighted by Gasteiger charge is 2.31. The monoisotopic (exact) mass is 472 g/mol. The van der Waals surface area contributed by atoms with E-state index in [0.29, 0.717) is 35.3 Å². The van der Waals surface area contributed by atoms with Crippen LogP contribution in [0, 0.1) is 6.92 Å². The van der Waals surface area contributed by atoms with Gasteiger partial charge in [-0.2, -0.15) is 4.31 Å². The van der Waals surface area contributed by atoms with Gasteiger partial charge in [0.25, 0.3) is 15.2 Å². The Balaban J connectivity index is 1.42. The Bertz CT molecular complexity index is 1040. The number of aryl methyl sites for hydroxylation is 1. The van der Waals surface area contributed by atoms with Crippen molar-refractivity contribution in [3.05, 3.63) is 39.7 Å². The molecule has 5 nitrogen and oxygen atoms in total. The van der Waals surface area contributed by atoms with Crippen molar-refractivity contribution in [1.82, 2.24) is 9.29 Å². The minimum absolute atomic E-state index is 0.00242. The second kappa shape index (κ2) is 7.20. The number of benzene rings is 1. The third-order valence-electron chi connectivity index (χ3n) is 4.41. The molecule has 1 saturated heterocycles.